The molecule has 3 aromatic rings. The van der Waals surface area contributed by atoms with Crippen molar-refractivity contribution in [2.75, 3.05) is 0 Å². The molecule has 0 spiro atoms. The highest BCUT2D eigenvalue weighted by Crippen LogP contribution is 2.27. The van der Waals surface area contributed by atoms with Gasteiger partial charge < -0.3 is 9.84 Å². The van der Waals surface area contributed by atoms with Crippen LogP contribution in [0.3, 0.4) is 0 Å². The van der Waals surface area contributed by atoms with Crippen molar-refractivity contribution in [3.8, 4) is 11.4 Å². The van der Waals surface area contributed by atoms with Crippen molar-refractivity contribution >= 4 is 17.0 Å². The number of benzene rings is 2. The average Bonchev–Trinajstić information content (AvgIpc) is 3.15. The maximum Gasteiger partial charge on any atom is 0.313 e. The summed E-state index contributed by atoms with van der Waals surface area (Å²) < 4.78 is 5.67. The van der Waals surface area contributed by atoms with Gasteiger partial charge in [-0.2, -0.15) is 0 Å². The van der Waals surface area contributed by atoms with E-state index in [1.165, 1.54) is 24.1 Å². The lowest BCUT2D eigenvalue weighted by Crippen LogP contribution is -2.20. The number of esters is 1. The van der Waals surface area contributed by atoms with Gasteiger partial charge in [0, 0.05) is 0 Å². The zero-order valence-electron chi connectivity index (χ0n) is 17.3. The smallest absolute Gasteiger partial charge is 0.313 e. The van der Waals surface area contributed by atoms with Gasteiger partial charge in [-0.1, -0.05) is 50.5 Å². The van der Waals surface area contributed by atoms with Gasteiger partial charge in [0.05, 0.1) is 12.0 Å². The summed E-state index contributed by atoms with van der Waals surface area (Å²) in [6.45, 7) is 5.96. The van der Waals surface area contributed by atoms with Crippen molar-refractivity contribution in [3.05, 3.63) is 48.0 Å². The molecule has 154 valence electrons. The lowest BCUT2D eigenvalue weighted by molar-refractivity contribution is -0.150. The largest absolute Gasteiger partial charge is 0.506 e. The Bertz CT molecular complexity index is 967. The Morgan fingerprint density at radius 3 is 2.62 bits per heavy atom. The molecule has 1 aromatic heterocycles. The predicted octanol–water partition coefficient (Wildman–Crippen LogP) is 5.13. The van der Waals surface area contributed by atoms with Gasteiger partial charge in [-0.3, -0.25) is 4.79 Å². The number of carbonyl (C=O) groups excluding carboxylic acids is 1. The fraction of sp³-hybridized carbons (Fsp3) is 0.435. The molecule has 0 aliphatic carbocycles. The highest BCUT2D eigenvalue weighted by Gasteiger charge is 2.23. The van der Waals surface area contributed by atoms with E-state index in [9.17, 15) is 9.90 Å². The lowest BCUT2D eigenvalue weighted by atomic mass is 10.00. The summed E-state index contributed by atoms with van der Waals surface area (Å²) in [7, 11) is 0. The van der Waals surface area contributed by atoms with Crippen LogP contribution in [0.5, 0.6) is 5.75 Å². The lowest BCUT2D eigenvalue weighted by Gasteiger charge is -2.17. The van der Waals surface area contributed by atoms with Crippen LogP contribution in [0.2, 0.25) is 0 Å². The van der Waals surface area contributed by atoms with Crippen LogP contribution in [0.25, 0.3) is 16.7 Å². The van der Waals surface area contributed by atoms with Crippen molar-refractivity contribution in [1.29, 1.82) is 0 Å². The first-order valence-electron chi connectivity index (χ1n) is 10.4. The second-order valence-electron chi connectivity index (χ2n) is 7.51. The standard InChI is InChI=1S/C23H29N3O3/c1-4-5-6-7-11-16(2)29-23(28)17(3)18-12-10-13-19-22(18)25-26(24-19)20-14-8-9-15-21(20)27/h8-10,12-17,27H,4-7,11H2,1-3H3. The molecular weight excluding hydrogens is 366 g/mol. The van der Waals surface area contributed by atoms with Crippen LogP contribution >= 0.6 is 0 Å². The normalized spacial score (nSPS) is 13.3. The topological polar surface area (TPSA) is 77.2 Å². The fourth-order valence-electron chi connectivity index (χ4n) is 3.39. The van der Waals surface area contributed by atoms with Crippen LogP contribution in [0, 0.1) is 0 Å². The van der Waals surface area contributed by atoms with E-state index in [-0.39, 0.29) is 17.8 Å². The molecule has 2 unspecified atom stereocenters. The van der Waals surface area contributed by atoms with Crippen LogP contribution in [0.4, 0.5) is 0 Å². The number of hydrogen-bond donors (Lipinski definition) is 1. The van der Waals surface area contributed by atoms with E-state index in [1.54, 1.807) is 18.2 Å². The molecule has 0 bridgehead atoms. The van der Waals surface area contributed by atoms with E-state index in [2.05, 4.69) is 17.1 Å². The number of unbranched alkanes of at least 4 members (excludes halogenated alkanes) is 3. The van der Waals surface area contributed by atoms with Crippen LogP contribution in [0.1, 0.15) is 64.4 Å². The summed E-state index contributed by atoms with van der Waals surface area (Å²) in [6.07, 6.45) is 5.43. The van der Waals surface area contributed by atoms with Gasteiger partial charge in [-0.15, -0.1) is 15.0 Å². The molecule has 0 fully saturated rings. The van der Waals surface area contributed by atoms with E-state index in [4.69, 9.17) is 4.74 Å². The van der Waals surface area contributed by atoms with E-state index in [0.717, 1.165) is 18.4 Å². The zero-order chi connectivity index (χ0) is 20.8. The fourth-order valence-corrected chi connectivity index (χ4v) is 3.39. The Morgan fingerprint density at radius 2 is 1.86 bits per heavy atom. The Hall–Kier alpha value is -2.89. The molecule has 0 aliphatic heterocycles. The summed E-state index contributed by atoms with van der Waals surface area (Å²) in [4.78, 5) is 14.1. The van der Waals surface area contributed by atoms with Crippen LogP contribution in [0.15, 0.2) is 42.5 Å². The SMILES string of the molecule is CCCCCCC(C)OC(=O)C(C)c1cccc2nn(-c3ccccc3O)nc12. The highest BCUT2D eigenvalue weighted by atomic mass is 16.5. The Labute approximate surface area is 171 Å². The molecule has 3 rings (SSSR count). The van der Waals surface area contributed by atoms with Crippen molar-refractivity contribution in [2.45, 2.75) is 64.9 Å². The molecule has 0 saturated carbocycles. The molecule has 1 N–H and O–H groups in total. The van der Waals surface area contributed by atoms with E-state index < -0.39 is 5.92 Å². The van der Waals surface area contributed by atoms with Gasteiger partial charge >= 0.3 is 5.97 Å². The summed E-state index contributed by atoms with van der Waals surface area (Å²) in [5.41, 5.74) is 2.56. The number of aromatic hydroxyl groups is 1. The Kier molecular flexibility index (Phi) is 6.86. The molecule has 29 heavy (non-hydrogen) atoms. The van der Waals surface area contributed by atoms with Gasteiger partial charge in [0.25, 0.3) is 0 Å². The Morgan fingerprint density at radius 1 is 1.07 bits per heavy atom. The van der Waals surface area contributed by atoms with Gasteiger partial charge in [0.2, 0.25) is 0 Å². The third-order valence-electron chi connectivity index (χ3n) is 5.14. The van der Waals surface area contributed by atoms with Gasteiger partial charge in [0.1, 0.15) is 22.5 Å². The Balaban J connectivity index is 1.77. The quantitative estimate of drug-likeness (QED) is 0.401. The van der Waals surface area contributed by atoms with Crippen LogP contribution in [-0.2, 0) is 9.53 Å². The third kappa shape index (κ3) is 4.94. The van der Waals surface area contributed by atoms with Crippen molar-refractivity contribution in [3.63, 3.8) is 0 Å². The van der Waals surface area contributed by atoms with E-state index >= 15 is 0 Å². The molecule has 0 saturated heterocycles. The maximum atomic E-state index is 12.7. The van der Waals surface area contributed by atoms with Crippen LogP contribution < -0.4 is 0 Å². The van der Waals surface area contributed by atoms with E-state index in [1.807, 2.05) is 38.1 Å². The minimum atomic E-state index is -0.452. The van der Waals surface area contributed by atoms with Crippen LogP contribution in [-0.4, -0.2) is 32.2 Å². The van der Waals surface area contributed by atoms with Crippen molar-refractivity contribution in [2.24, 2.45) is 0 Å². The molecule has 6 nitrogen and oxygen atoms in total. The number of para-hydroxylation sites is 2. The maximum absolute atomic E-state index is 12.7. The van der Waals surface area contributed by atoms with Gasteiger partial charge in [-0.25, -0.2) is 0 Å². The number of rotatable bonds is 9. The minimum absolute atomic E-state index is 0.0960. The molecular formula is C23H29N3O3. The summed E-state index contributed by atoms with van der Waals surface area (Å²) >= 11 is 0. The number of fused-ring (bicyclic) bond motifs is 1. The third-order valence-corrected chi connectivity index (χ3v) is 5.14. The number of phenols is 1. The number of carbonyl (C=O) groups is 1. The minimum Gasteiger partial charge on any atom is -0.506 e. The summed E-state index contributed by atoms with van der Waals surface area (Å²) in [6, 6.07) is 12.5. The second kappa shape index (κ2) is 9.54. The molecule has 6 heteroatoms. The van der Waals surface area contributed by atoms with Gasteiger partial charge in [-0.05, 0) is 50.5 Å². The number of ether oxygens (including phenoxy) is 1. The number of hydrogen-bond acceptors (Lipinski definition) is 5. The van der Waals surface area contributed by atoms with E-state index in [0.29, 0.717) is 16.7 Å². The number of nitrogens with zero attached hydrogens (tertiary/aromatic N) is 3. The number of phenolic OH excluding ortho intramolecular Hbond substituents is 1. The highest BCUT2D eigenvalue weighted by molar-refractivity contribution is 5.86. The first-order valence-corrected chi connectivity index (χ1v) is 10.4. The molecule has 0 radical (unpaired) electrons. The second-order valence-corrected chi connectivity index (χ2v) is 7.51. The summed E-state index contributed by atoms with van der Waals surface area (Å²) in [5.74, 6) is -0.609. The average molecular weight is 396 g/mol. The van der Waals surface area contributed by atoms with Gasteiger partial charge in [0.15, 0.2) is 0 Å². The monoisotopic (exact) mass is 395 g/mol. The summed E-state index contributed by atoms with van der Waals surface area (Å²) in [5, 5.41) is 19.1. The molecule has 1 heterocycles. The van der Waals surface area contributed by atoms with Crippen molar-refractivity contribution < 1.29 is 14.6 Å². The molecule has 2 atom stereocenters. The molecule has 2 aromatic carbocycles. The zero-order valence-corrected chi connectivity index (χ0v) is 17.3. The predicted molar refractivity (Wildman–Crippen MR) is 113 cm³/mol. The molecule has 0 amide bonds. The first kappa shape index (κ1) is 20.8. The van der Waals surface area contributed by atoms with Crippen molar-refractivity contribution in [1.82, 2.24) is 15.0 Å². The first-order chi connectivity index (χ1) is 14.0. The molecule has 0 aliphatic rings. The number of aromatic nitrogens is 3.